The van der Waals surface area contributed by atoms with Crippen LogP contribution in [-0.2, 0) is 12.8 Å². The van der Waals surface area contributed by atoms with E-state index in [1.165, 1.54) is 11.3 Å². The molecule has 0 saturated carbocycles. The number of nitrogens with zero attached hydrogens (tertiary/aromatic N) is 3. The molecule has 3 aromatic heterocycles. The van der Waals surface area contributed by atoms with Gasteiger partial charge in [-0.3, -0.25) is 0 Å². The van der Waals surface area contributed by atoms with Crippen LogP contribution in [0.1, 0.15) is 11.3 Å². The van der Waals surface area contributed by atoms with E-state index in [2.05, 4.69) is 15.0 Å². The number of rotatable bonds is 7. The van der Waals surface area contributed by atoms with E-state index in [1.807, 2.05) is 66.7 Å². The lowest BCUT2D eigenvalue weighted by atomic mass is 10.2. The van der Waals surface area contributed by atoms with Crippen LogP contribution < -0.4 is 9.47 Å². The van der Waals surface area contributed by atoms with Gasteiger partial charge in [-0.05, 0) is 35.4 Å². The van der Waals surface area contributed by atoms with Gasteiger partial charge in [0.15, 0.2) is 16.5 Å². The van der Waals surface area contributed by atoms with Gasteiger partial charge in [0.2, 0.25) is 5.88 Å². The summed E-state index contributed by atoms with van der Waals surface area (Å²) in [5, 5.41) is 1.03. The number of thiazole rings is 1. The SMILES string of the molecule is COc1ccc(COc2cc(-c3ccc(-c4ccccc4)s3)nc(-c3nc(C(F)(F)F)cs3)n2)cc1. The second-order valence-corrected chi connectivity index (χ2v) is 9.56. The minimum atomic E-state index is -4.54. The normalized spacial score (nSPS) is 11.4. The number of ether oxygens (including phenoxy) is 2. The third-order valence-electron chi connectivity index (χ3n) is 5.15. The predicted octanol–water partition coefficient (Wildman–Crippen LogP) is 7.60. The van der Waals surface area contributed by atoms with E-state index in [4.69, 9.17) is 9.47 Å². The molecule has 0 aliphatic rings. The van der Waals surface area contributed by atoms with Crippen LogP contribution in [-0.4, -0.2) is 22.1 Å². The van der Waals surface area contributed by atoms with Crippen molar-refractivity contribution < 1.29 is 22.6 Å². The molecule has 182 valence electrons. The molecule has 0 N–H and O–H groups in total. The molecule has 0 bridgehead atoms. The van der Waals surface area contributed by atoms with Crippen molar-refractivity contribution in [3.63, 3.8) is 0 Å². The molecule has 0 radical (unpaired) electrons. The molecular weight excluding hydrogens is 507 g/mol. The molecule has 5 rings (SSSR count). The summed E-state index contributed by atoms with van der Waals surface area (Å²) in [6.45, 7) is 0.214. The standard InChI is InChI=1S/C26H18F3N3O2S2/c1-33-18-9-7-16(8-10-18)14-34-23-13-19(21-12-11-20(36-21)17-5-3-2-4-6-17)30-24(32-23)25-31-22(15-35-25)26(27,28)29/h2-13,15H,14H2,1H3. The molecule has 5 nitrogen and oxygen atoms in total. The quantitative estimate of drug-likeness (QED) is 0.219. The van der Waals surface area contributed by atoms with Crippen LogP contribution in [0, 0.1) is 0 Å². The monoisotopic (exact) mass is 525 g/mol. The van der Waals surface area contributed by atoms with E-state index in [9.17, 15) is 13.2 Å². The van der Waals surface area contributed by atoms with E-state index in [0.29, 0.717) is 5.69 Å². The third-order valence-corrected chi connectivity index (χ3v) is 7.15. The van der Waals surface area contributed by atoms with Gasteiger partial charge < -0.3 is 9.47 Å². The molecule has 0 unspecified atom stereocenters. The second kappa shape index (κ2) is 10.1. The van der Waals surface area contributed by atoms with Crippen molar-refractivity contribution in [1.29, 1.82) is 0 Å². The Hall–Kier alpha value is -3.76. The minimum Gasteiger partial charge on any atom is -0.497 e. The largest absolute Gasteiger partial charge is 0.497 e. The van der Waals surface area contributed by atoms with Gasteiger partial charge in [0, 0.05) is 16.3 Å². The summed E-state index contributed by atoms with van der Waals surface area (Å²) in [6, 6.07) is 22.9. The Labute approximate surface area is 212 Å². The van der Waals surface area contributed by atoms with Gasteiger partial charge in [0.1, 0.15) is 12.4 Å². The Morgan fingerprint density at radius 3 is 2.31 bits per heavy atom. The molecule has 0 amide bonds. The van der Waals surface area contributed by atoms with Crippen LogP contribution in [0.15, 0.2) is 78.2 Å². The van der Waals surface area contributed by atoms with Gasteiger partial charge in [-0.15, -0.1) is 22.7 Å². The van der Waals surface area contributed by atoms with E-state index in [1.54, 1.807) is 13.2 Å². The van der Waals surface area contributed by atoms with Crippen molar-refractivity contribution in [2.75, 3.05) is 7.11 Å². The molecule has 0 saturated heterocycles. The first kappa shape index (κ1) is 24.0. The zero-order chi connectivity index (χ0) is 25.1. The first-order valence-corrected chi connectivity index (χ1v) is 12.4. The minimum absolute atomic E-state index is 0.0679. The van der Waals surface area contributed by atoms with Gasteiger partial charge in [0.25, 0.3) is 0 Å². The number of benzene rings is 2. The third kappa shape index (κ3) is 5.39. The van der Waals surface area contributed by atoms with Crippen LogP contribution >= 0.6 is 22.7 Å². The van der Waals surface area contributed by atoms with Crippen molar-refractivity contribution >= 4 is 22.7 Å². The number of hydrogen-bond acceptors (Lipinski definition) is 7. The molecular formula is C26H18F3N3O2S2. The van der Waals surface area contributed by atoms with Crippen LogP contribution in [0.4, 0.5) is 13.2 Å². The van der Waals surface area contributed by atoms with E-state index in [0.717, 1.165) is 43.3 Å². The van der Waals surface area contributed by atoms with Crippen LogP contribution in [0.5, 0.6) is 11.6 Å². The average Bonchev–Trinajstić information content (AvgIpc) is 3.59. The summed E-state index contributed by atoms with van der Waals surface area (Å²) in [4.78, 5) is 14.5. The van der Waals surface area contributed by atoms with Crippen molar-refractivity contribution in [3.8, 4) is 43.5 Å². The van der Waals surface area contributed by atoms with E-state index < -0.39 is 11.9 Å². The molecule has 0 aliphatic carbocycles. The smallest absolute Gasteiger partial charge is 0.434 e. The number of aromatic nitrogens is 3. The Bertz CT molecular complexity index is 1470. The lowest BCUT2D eigenvalue weighted by Gasteiger charge is -2.09. The summed E-state index contributed by atoms with van der Waals surface area (Å²) >= 11 is 2.36. The highest BCUT2D eigenvalue weighted by Crippen LogP contribution is 2.37. The number of alkyl halides is 3. The highest BCUT2D eigenvalue weighted by molar-refractivity contribution is 7.18. The van der Waals surface area contributed by atoms with Gasteiger partial charge in [0.05, 0.1) is 17.7 Å². The van der Waals surface area contributed by atoms with E-state index in [-0.39, 0.29) is 23.3 Å². The Morgan fingerprint density at radius 1 is 0.861 bits per heavy atom. The Morgan fingerprint density at radius 2 is 1.61 bits per heavy atom. The fourth-order valence-electron chi connectivity index (χ4n) is 3.34. The first-order chi connectivity index (χ1) is 17.4. The summed E-state index contributed by atoms with van der Waals surface area (Å²) in [6.07, 6.45) is -4.54. The highest BCUT2D eigenvalue weighted by atomic mass is 32.1. The molecule has 0 aliphatic heterocycles. The molecule has 5 aromatic rings. The lowest BCUT2D eigenvalue weighted by Crippen LogP contribution is -2.05. The molecule has 36 heavy (non-hydrogen) atoms. The average molecular weight is 526 g/mol. The molecule has 3 heterocycles. The maximum absolute atomic E-state index is 13.1. The molecule has 0 spiro atoms. The molecule has 0 fully saturated rings. The Kier molecular flexibility index (Phi) is 6.71. The molecule has 2 aromatic carbocycles. The van der Waals surface area contributed by atoms with Gasteiger partial charge >= 0.3 is 6.18 Å². The van der Waals surface area contributed by atoms with Gasteiger partial charge in [-0.1, -0.05) is 42.5 Å². The molecule has 10 heteroatoms. The van der Waals surface area contributed by atoms with Gasteiger partial charge in [-0.2, -0.15) is 18.2 Å². The number of hydrogen-bond donors (Lipinski definition) is 0. The van der Waals surface area contributed by atoms with E-state index >= 15 is 0 Å². The summed E-state index contributed by atoms with van der Waals surface area (Å²) in [5.74, 6) is 1.04. The fourth-order valence-corrected chi connectivity index (χ4v) is 5.07. The van der Waals surface area contributed by atoms with Crippen LogP contribution in [0.2, 0.25) is 0 Å². The van der Waals surface area contributed by atoms with Crippen molar-refractivity contribution in [1.82, 2.24) is 15.0 Å². The van der Waals surface area contributed by atoms with Crippen molar-refractivity contribution in [2.24, 2.45) is 0 Å². The number of thiophene rings is 1. The zero-order valence-electron chi connectivity index (χ0n) is 18.8. The van der Waals surface area contributed by atoms with Crippen molar-refractivity contribution in [2.45, 2.75) is 12.8 Å². The zero-order valence-corrected chi connectivity index (χ0v) is 20.5. The highest BCUT2D eigenvalue weighted by Gasteiger charge is 2.34. The van der Waals surface area contributed by atoms with Crippen LogP contribution in [0.25, 0.3) is 31.8 Å². The maximum Gasteiger partial charge on any atom is 0.434 e. The first-order valence-electron chi connectivity index (χ1n) is 10.7. The number of methoxy groups -OCH3 is 1. The molecule has 0 atom stereocenters. The lowest BCUT2D eigenvalue weighted by molar-refractivity contribution is -0.140. The maximum atomic E-state index is 13.1. The summed E-state index contributed by atoms with van der Waals surface area (Å²) in [7, 11) is 1.59. The predicted molar refractivity (Wildman–Crippen MR) is 134 cm³/mol. The topological polar surface area (TPSA) is 57.1 Å². The van der Waals surface area contributed by atoms with Gasteiger partial charge in [-0.25, -0.2) is 9.97 Å². The number of halogens is 3. The fraction of sp³-hybridized carbons (Fsp3) is 0.115. The summed E-state index contributed by atoms with van der Waals surface area (Å²) in [5.41, 5.74) is 1.52. The second-order valence-electron chi connectivity index (χ2n) is 7.62. The van der Waals surface area contributed by atoms with Crippen LogP contribution in [0.3, 0.4) is 0 Å². The Balaban J connectivity index is 1.49. The van der Waals surface area contributed by atoms with Crippen molar-refractivity contribution in [3.05, 3.63) is 89.4 Å². The summed E-state index contributed by atoms with van der Waals surface area (Å²) < 4.78 is 50.5.